The van der Waals surface area contributed by atoms with Crippen LogP contribution in [0.3, 0.4) is 0 Å². The van der Waals surface area contributed by atoms with Gasteiger partial charge in [-0.3, -0.25) is 9.59 Å². The van der Waals surface area contributed by atoms with Gasteiger partial charge < -0.3 is 15.1 Å². The third kappa shape index (κ3) is 3.11. The predicted molar refractivity (Wildman–Crippen MR) is 106 cm³/mol. The molecule has 0 aromatic carbocycles. The number of carbonyl (C=O) groups excluding carboxylic acids is 2. The molecule has 146 valence electrons. The fourth-order valence-electron chi connectivity index (χ4n) is 6.01. The van der Waals surface area contributed by atoms with Gasteiger partial charge in [0, 0.05) is 44.2 Å². The molecule has 4 aliphatic rings. The Morgan fingerprint density at radius 3 is 2.70 bits per heavy atom. The maximum atomic E-state index is 12.7. The number of amides is 2. The van der Waals surface area contributed by atoms with Crippen molar-refractivity contribution in [2.24, 2.45) is 17.8 Å². The minimum atomic E-state index is -0.0849. The molecule has 5 rings (SSSR count). The SMILES string of the molecule is O=C1NC2(CCN(C(=O)c3cccs3)CC2)[C@H]2CN(CC3CCCC3)C[C@@H]12. The zero-order valence-corrected chi connectivity index (χ0v) is 16.7. The van der Waals surface area contributed by atoms with Gasteiger partial charge in [-0.2, -0.15) is 0 Å². The van der Waals surface area contributed by atoms with Gasteiger partial charge in [-0.25, -0.2) is 0 Å². The van der Waals surface area contributed by atoms with Crippen LogP contribution in [0.2, 0.25) is 0 Å². The van der Waals surface area contributed by atoms with Crippen LogP contribution in [0.4, 0.5) is 0 Å². The van der Waals surface area contributed by atoms with Gasteiger partial charge in [-0.05, 0) is 43.0 Å². The van der Waals surface area contributed by atoms with Gasteiger partial charge in [0.1, 0.15) is 0 Å². The summed E-state index contributed by atoms with van der Waals surface area (Å²) in [6.45, 7) is 4.68. The molecule has 5 nitrogen and oxygen atoms in total. The lowest BCUT2D eigenvalue weighted by Gasteiger charge is -2.42. The Balaban J connectivity index is 1.24. The molecule has 1 saturated carbocycles. The summed E-state index contributed by atoms with van der Waals surface area (Å²) in [7, 11) is 0. The summed E-state index contributed by atoms with van der Waals surface area (Å²) in [4.78, 5) is 30.7. The second-order valence-corrected chi connectivity index (χ2v) is 9.94. The average Bonchev–Trinajstić information content (AvgIpc) is 3.45. The number of nitrogens with one attached hydrogen (secondary N) is 1. The van der Waals surface area contributed by atoms with Crippen molar-refractivity contribution in [1.29, 1.82) is 0 Å². The normalized spacial score (nSPS) is 30.8. The summed E-state index contributed by atoms with van der Waals surface area (Å²) in [5, 5.41) is 5.34. The van der Waals surface area contributed by atoms with Crippen molar-refractivity contribution in [3.8, 4) is 0 Å². The highest BCUT2D eigenvalue weighted by atomic mass is 32.1. The van der Waals surface area contributed by atoms with Gasteiger partial charge in [-0.15, -0.1) is 11.3 Å². The van der Waals surface area contributed by atoms with Gasteiger partial charge in [0.05, 0.1) is 10.8 Å². The average molecular weight is 388 g/mol. The van der Waals surface area contributed by atoms with Crippen molar-refractivity contribution >= 4 is 23.2 Å². The molecule has 0 unspecified atom stereocenters. The van der Waals surface area contributed by atoms with Crippen LogP contribution in [0, 0.1) is 17.8 Å². The van der Waals surface area contributed by atoms with Crippen LogP contribution >= 0.6 is 11.3 Å². The van der Waals surface area contributed by atoms with E-state index in [2.05, 4.69) is 10.2 Å². The first-order chi connectivity index (χ1) is 13.1. The zero-order chi connectivity index (χ0) is 18.4. The van der Waals surface area contributed by atoms with E-state index in [0.29, 0.717) is 5.92 Å². The third-order valence-electron chi connectivity index (χ3n) is 7.48. The van der Waals surface area contributed by atoms with Crippen molar-refractivity contribution < 1.29 is 9.59 Å². The molecule has 0 radical (unpaired) electrons. The summed E-state index contributed by atoms with van der Waals surface area (Å²) in [5.74, 6) is 1.83. The summed E-state index contributed by atoms with van der Waals surface area (Å²) < 4.78 is 0. The number of rotatable bonds is 3. The Hall–Kier alpha value is -1.40. The molecule has 1 aromatic rings. The number of thiophene rings is 1. The zero-order valence-electron chi connectivity index (χ0n) is 15.9. The Morgan fingerprint density at radius 1 is 1.22 bits per heavy atom. The first kappa shape index (κ1) is 17.7. The maximum absolute atomic E-state index is 12.7. The number of carbonyl (C=O) groups is 2. The first-order valence-corrected chi connectivity index (χ1v) is 11.4. The van der Waals surface area contributed by atoms with E-state index in [4.69, 9.17) is 0 Å². The number of hydrogen-bond acceptors (Lipinski definition) is 4. The van der Waals surface area contributed by atoms with Gasteiger partial charge in [0.15, 0.2) is 0 Å². The van der Waals surface area contributed by atoms with E-state index in [1.54, 1.807) is 0 Å². The Labute approximate surface area is 165 Å². The summed E-state index contributed by atoms with van der Waals surface area (Å²) in [6.07, 6.45) is 7.28. The minimum Gasteiger partial charge on any atom is -0.350 e. The summed E-state index contributed by atoms with van der Waals surface area (Å²) in [6, 6.07) is 3.84. The molecule has 6 heteroatoms. The maximum Gasteiger partial charge on any atom is 0.263 e. The van der Waals surface area contributed by atoms with Crippen LogP contribution in [0.5, 0.6) is 0 Å². The van der Waals surface area contributed by atoms with Crippen molar-refractivity contribution in [1.82, 2.24) is 15.1 Å². The summed E-state index contributed by atoms with van der Waals surface area (Å²) in [5.41, 5.74) is -0.0849. The van der Waals surface area contributed by atoms with Crippen molar-refractivity contribution in [3.05, 3.63) is 22.4 Å². The molecule has 1 aromatic heterocycles. The lowest BCUT2D eigenvalue weighted by atomic mass is 9.75. The van der Waals surface area contributed by atoms with E-state index in [0.717, 1.165) is 49.8 Å². The first-order valence-electron chi connectivity index (χ1n) is 10.5. The third-order valence-corrected chi connectivity index (χ3v) is 8.34. The molecule has 0 bridgehead atoms. The Morgan fingerprint density at radius 2 is 2.00 bits per heavy atom. The van der Waals surface area contributed by atoms with E-state index < -0.39 is 0 Å². The van der Waals surface area contributed by atoms with E-state index in [9.17, 15) is 9.59 Å². The molecule has 2 atom stereocenters. The van der Waals surface area contributed by atoms with Crippen LogP contribution < -0.4 is 5.32 Å². The largest absolute Gasteiger partial charge is 0.350 e. The molecule has 4 fully saturated rings. The Kier molecular flexibility index (Phi) is 4.51. The molecule has 1 spiro atoms. The predicted octanol–water partition coefficient (Wildman–Crippen LogP) is 2.59. The standard InChI is InChI=1S/C21H29N3O2S/c25-19-16-13-23(12-15-4-1-2-5-15)14-17(16)21(22-19)7-9-24(10-8-21)20(26)18-6-3-11-27-18/h3,6,11,15-17H,1-2,4-5,7-10,12-14H2,(H,22,25)/t16-,17+/m1/s1. The highest BCUT2D eigenvalue weighted by molar-refractivity contribution is 7.12. The topological polar surface area (TPSA) is 52.7 Å². The number of fused-ring (bicyclic) bond motifs is 2. The monoisotopic (exact) mass is 387 g/mol. The van der Waals surface area contributed by atoms with Crippen LogP contribution in [0.1, 0.15) is 48.2 Å². The lowest BCUT2D eigenvalue weighted by Crippen LogP contribution is -2.56. The molecule has 3 aliphatic heterocycles. The van der Waals surface area contributed by atoms with E-state index in [1.807, 2.05) is 22.4 Å². The van der Waals surface area contributed by atoms with Gasteiger partial charge in [0.2, 0.25) is 5.91 Å². The van der Waals surface area contributed by atoms with Crippen LogP contribution in [-0.4, -0.2) is 59.9 Å². The molecular formula is C21H29N3O2S. The van der Waals surface area contributed by atoms with Crippen LogP contribution in [-0.2, 0) is 4.79 Å². The molecule has 1 aliphatic carbocycles. The Bertz CT molecular complexity index is 705. The fraction of sp³-hybridized carbons (Fsp3) is 0.714. The quantitative estimate of drug-likeness (QED) is 0.867. The second-order valence-electron chi connectivity index (χ2n) is 9.00. The molecule has 2 amide bonds. The fourth-order valence-corrected chi connectivity index (χ4v) is 6.70. The van der Waals surface area contributed by atoms with E-state index in [-0.39, 0.29) is 23.3 Å². The second kappa shape index (κ2) is 6.89. The van der Waals surface area contributed by atoms with Crippen LogP contribution in [0.25, 0.3) is 0 Å². The number of likely N-dealkylation sites (tertiary alicyclic amines) is 2. The highest BCUT2D eigenvalue weighted by Crippen LogP contribution is 2.44. The smallest absolute Gasteiger partial charge is 0.263 e. The minimum absolute atomic E-state index is 0.0849. The highest BCUT2D eigenvalue weighted by Gasteiger charge is 2.57. The van der Waals surface area contributed by atoms with E-state index >= 15 is 0 Å². The van der Waals surface area contributed by atoms with Gasteiger partial charge in [0.25, 0.3) is 5.91 Å². The van der Waals surface area contributed by atoms with Crippen molar-refractivity contribution in [2.45, 2.75) is 44.1 Å². The number of nitrogens with zero attached hydrogens (tertiary/aromatic N) is 2. The van der Waals surface area contributed by atoms with Crippen molar-refractivity contribution in [2.75, 3.05) is 32.7 Å². The van der Waals surface area contributed by atoms with Gasteiger partial charge >= 0.3 is 0 Å². The number of piperidine rings is 1. The van der Waals surface area contributed by atoms with Gasteiger partial charge in [-0.1, -0.05) is 18.9 Å². The lowest BCUT2D eigenvalue weighted by molar-refractivity contribution is -0.123. The molecular weight excluding hydrogens is 358 g/mol. The van der Waals surface area contributed by atoms with E-state index in [1.165, 1.54) is 43.6 Å². The molecule has 27 heavy (non-hydrogen) atoms. The summed E-state index contributed by atoms with van der Waals surface area (Å²) >= 11 is 1.51. The molecule has 1 N–H and O–H groups in total. The van der Waals surface area contributed by atoms with Crippen LogP contribution in [0.15, 0.2) is 17.5 Å². The molecule has 4 heterocycles. The number of hydrogen-bond donors (Lipinski definition) is 1. The molecule has 3 saturated heterocycles. The van der Waals surface area contributed by atoms with Crippen molar-refractivity contribution in [3.63, 3.8) is 0 Å².